The Hall–Kier alpha value is -0.570. The third kappa shape index (κ3) is 30.1. The molecule has 0 radical (unpaired) electrons. The minimum atomic E-state index is -0.833. The summed E-state index contributed by atoms with van der Waals surface area (Å²) in [5, 5.41) is 7.42. The van der Waals surface area contributed by atoms with Gasteiger partial charge in [-0.05, 0) is 20.3 Å². The van der Waals surface area contributed by atoms with Crippen molar-refractivity contribution in [3.63, 3.8) is 0 Å². The van der Waals surface area contributed by atoms with E-state index in [0.29, 0.717) is 0 Å². The van der Waals surface area contributed by atoms with E-state index in [9.17, 15) is 0 Å². The van der Waals surface area contributed by atoms with Crippen LogP contribution in [-0.2, 0) is 4.79 Å². The van der Waals surface area contributed by atoms with Crippen molar-refractivity contribution in [3.8, 4) is 0 Å². The van der Waals surface area contributed by atoms with Crippen molar-refractivity contribution >= 4 is 5.97 Å². The highest BCUT2D eigenvalue weighted by molar-refractivity contribution is 5.62. The number of unbranched alkanes of at least 4 members (excludes halogenated alkanes) is 3. The van der Waals surface area contributed by atoms with Gasteiger partial charge in [0.15, 0.2) is 0 Å². The minimum absolute atomic E-state index is 0.0493. The SMILES string of the molecule is CC(=O)O.CCCCCCC(C)(C)N. The largest absolute Gasteiger partial charge is 0.481 e. The maximum atomic E-state index is 9.00. The van der Waals surface area contributed by atoms with Gasteiger partial charge in [-0.1, -0.05) is 32.6 Å². The lowest BCUT2D eigenvalue weighted by Crippen LogP contribution is -2.31. The van der Waals surface area contributed by atoms with Crippen LogP contribution in [-0.4, -0.2) is 16.6 Å². The molecule has 3 nitrogen and oxygen atoms in total. The van der Waals surface area contributed by atoms with Crippen LogP contribution in [0.2, 0.25) is 0 Å². The Bertz CT molecular complexity index is 135. The predicted molar refractivity (Wildman–Crippen MR) is 60.3 cm³/mol. The number of nitrogens with two attached hydrogens (primary N) is 1. The lowest BCUT2D eigenvalue weighted by Gasteiger charge is -2.17. The third-order valence-electron chi connectivity index (χ3n) is 1.67. The van der Waals surface area contributed by atoms with Gasteiger partial charge >= 0.3 is 0 Å². The summed E-state index contributed by atoms with van der Waals surface area (Å²) >= 11 is 0. The van der Waals surface area contributed by atoms with Crippen molar-refractivity contribution in [1.29, 1.82) is 0 Å². The standard InChI is InChI=1S/C9H21N.C2H4O2/c1-4-5-6-7-8-9(2,3)10;1-2(3)4/h4-8,10H2,1-3H3;1H3,(H,3,4). The Kier molecular flexibility index (Phi) is 10.2. The molecule has 0 atom stereocenters. The van der Waals surface area contributed by atoms with E-state index < -0.39 is 5.97 Å². The van der Waals surface area contributed by atoms with Gasteiger partial charge in [0.2, 0.25) is 0 Å². The van der Waals surface area contributed by atoms with Crippen molar-refractivity contribution in [2.45, 2.75) is 65.3 Å². The first kappa shape index (κ1) is 15.9. The number of aliphatic carboxylic acids is 1. The number of rotatable bonds is 5. The summed E-state index contributed by atoms with van der Waals surface area (Å²) < 4.78 is 0. The molecule has 0 aliphatic carbocycles. The van der Waals surface area contributed by atoms with Gasteiger partial charge in [-0.25, -0.2) is 0 Å². The van der Waals surface area contributed by atoms with E-state index in [-0.39, 0.29) is 5.54 Å². The number of carbonyl (C=O) groups is 1. The van der Waals surface area contributed by atoms with Gasteiger partial charge in [0.05, 0.1) is 0 Å². The maximum absolute atomic E-state index is 9.00. The van der Waals surface area contributed by atoms with Crippen molar-refractivity contribution < 1.29 is 9.90 Å². The molecule has 3 N–H and O–H groups in total. The van der Waals surface area contributed by atoms with Crippen LogP contribution in [0.25, 0.3) is 0 Å². The van der Waals surface area contributed by atoms with E-state index in [2.05, 4.69) is 20.8 Å². The molecule has 0 unspecified atom stereocenters. The zero-order valence-corrected chi connectivity index (χ0v) is 9.97. The molecule has 0 aromatic rings. The van der Waals surface area contributed by atoms with Crippen LogP contribution in [0.5, 0.6) is 0 Å². The number of carboxylic acids is 1. The summed E-state index contributed by atoms with van der Waals surface area (Å²) in [4.78, 5) is 9.00. The molecule has 0 saturated heterocycles. The second-order valence-corrected chi connectivity index (χ2v) is 4.32. The molecule has 0 aromatic heterocycles. The van der Waals surface area contributed by atoms with Gasteiger partial charge < -0.3 is 10.8 Å². The van der Waals surface area contributed by atoms with Crippen LogP contribution in [0.4, 0.5) is 0 Å². The van der Waals surface area contributed by atoms with Gasteiger partial charge in [-0.3, -0.25) is 4.79 Å². The number of carboxylic acid groups (broad SMARTS) is 1. The van der Waals surface area contributed by atoms with Crippen molar-refractivity contribution in [3.05, 3.63) is 0 Å². The smallest absolute Gasteiger partial charge is 0.300 e. The summed E-state index contributed by atoms with van der Waals surface area (Å²) in [5.74, 6) is -0.833. The molecule has 0 aliphatic rings. The molecule has 0 heterocycles. The molecule has 86 valence electrons. The van der Waals surface area contributed by atoms with Crippen molar-refractivity contribution in [2.75, 3.05) is 0 Å². The molecule has 0 rings (SSSR count). The molecular weight excluding hydrogens is 178 g/mol. The van der Waals surface area contributed by atoms with E-state index in [4.69, 9.17) is 15.6 Å². The monoisotopic (exact) mass is 203 g/mol. The van der Waals surface area contributed by atoms with Gasteiger partial charge in [0, 0.05) is 12.5 Å². The van der Waals surface area contributed by atoms with Crippen LogP contribution < -0.4 is 5.73 Å². The predicted octanol–water partition coefficient (Wildman–Crippen LogP) is 2.79. The highest BCUT2D eigenvalue weighted by Crippen LogP contribution is 2.10. The topological polar surface area (TPSA) is 63.3 Å². The first-order valence-corrected chi connectivity index (χ1v) is 5.28. The molecule has 14 heavy (non-hydrogen) atoms. The van der Waals surface area contributed by atoms with Crippen LogP contribution >= 0.6 is 0 Å². The molecule has 0 saturated carbocycles. The Morgan fingerprint density at radius 2 is 1.71 bits per heavy atom. The van der Waals surface area contributed by atoms with Gasteiger partial charge in [0.25, 0.3) is 5.97 Å². The van der Waals surface area contributed by atoms with E-state index in [1.54, 1.807) is 0 Å². The van der Waals surface area contributed by atoms with Gasteiger partial charge in [0.1, 0.15) is 0 Å². The average Bonchev–Trinajstić information content (AvgIpc) is 1.95. The van der Waals surface area contributed by atoms with Crippen LogP contribution in [0.15, 0.2) is 0 Å². The Labute approximate surface area is 87.7 Å². The van der Waals surface area contributed by atoms with Crippen LogP contribution in [0, 0.1) is 0 Å². The summed E-state index contributed by atoms with van der Waals surface area (Å²) in [7, 11) is 0. The Balaban J connectivity index is 0. The summed E-state index contributed by atoms with van der Waals surface area (Å²) in [6.07, 6.45) is 6.46. The fourth-order valence-electron chi connectivity index (χ4n) is 1.01. The molecule has 0 fully saturated rings. The maximum Gasteiger partial charge on any atom is 0.300 e. The lowest BCUT2D eigenvalue weighted by molar-refractivity contribution is -0.134. The summed E-state index contributed by atoms with van der Waals surface area (Å²) in [6.45, 7) is 7.51. The minimum Gasteiger partial charge on any atom is -0.481 e. The van der Waals surface area contributed by atoms with E-state index in [1.807, 2.05) is 0 Å². The van der Waals surface area contributed by atoms with Crippen molar-refractivity contribution in [1.82, 2.24) is 0 Å². The average molecular weight is 203 g/mol. The van der Waals surface area contributed by atoms with Crippen LogP contribution in [0.3, 0.4) is 0 Å². The molecule has 0 amide bonds. The molecule has 0 aliphatic heterocycles. The lowest BCUT2D eigenvalue weighted by atomic mass is 9.98. The molecular formula is C11H25NO2. The van der Waals surface area contributed by atoms with E-state index >= 15 is 0 Å². The molecule has 0 bridgehead atoms. The zero-order valence-electron chi connectivity index (χ0n) is 9.97. The number of hydrogen-bond acceptors (Lipinski definition) is 2. The summed E-state index contributed by atoms with van der Waals surface area (Å²) in [5.41, 5.74) is 5.87. The van der Waals surface area contributed by atoms with E-state index in [1.165, 1.54) is 25.7 Å². The summed E-state index contributed by atoms with van der Waals surface area (Å²) in [6, 6.07) is 0. The van der Waals surface area contributed by atoms with Gasteiger partial charge in [-0.2, -0.15) is 0 Å². The molecule has 3 heteroatoms. The third-order valence-corrected chi connectivity index (χ3v) is 1.67. The normalized spacial score (nSPS) is 10.4. The first-order chi connectivity index (χ1) is 6.29. The van der Waals surface area contributed by atoms with E-state index in [0.717, 1.165) is 13.3 Å². The molecule has 0 spiro atoms. The van der Waals surface area contributed by atoms with Gasteiger partial charge in [-0.15, -0.1) is 0 Å². The second kappa shape index (κ2) is 9.00. The highest BCUT2D eigenvalue weighted by atomic mass is 16.4. The van der Waals surface area contributed by atoms with Crippen LogP contribution in [0.1, 0.15) is 59.8 Å². The fourth-order valence-corrected chi connectivity index (χ4v) is 1.01. The first-order valence-electron chi connectivity index (χ1n) is 5.28. The fraction of sp³-hybridized carbons (Fsp3) is 0.909. The molecule has 0 aromatic carbocycles. The quantitative estimate of drug-likeness (QED) is 0.675. The van der Waals surface area contributed by atoms with Crippen molar-refractivity contribution in [2.24, 2.45) is 5.73 Å². The Morgan fingerprint density at radius 1 is 1.29 bits per heavy atom. The number of hydrogen-bond donors (Lipinski definition) is 2. The Morgan fingerprint density at radius 3 is 2.00 bits per heavy atom. The second-order valence-electron chi connectivity index (χ2n) is 4.32. The highest BCUT2D eigenvalue weighted by Gasteiger charge is 2.08. The zero-order chi connectivity index (χ0) is 11.6.